The third kappa shape index (κ3) is 6.40. The van der Waals surface area contributed by atoms with Crippen molar-refractivity contribution in [2.75, 3.05) is 18.4 Å². The highest BCUT2D eigenvalue weighted by Gasteiger charge is 2.21. The molecule has 0 bridgehead atoms. The van der Waals surface area contributed by atoms with Crippen molar-refractivity contribution in [1.82, 2.24) is 10.6 Å². The van der Waals surface area contributed by atoms with Gasteiger partial charge in [0.1, 0.15) is 0 Å². The quantitative estimate of drug-likeness (QED) is 0.745. The van der Waals surface area contributed by atoms with Gasteiger partial charge in [-0.15, -0.1) is 0 Å². The third-order valence-corrected chi connectivity index (χ3v) is 3.21. The number of carbonyl (C=O) groups excluding carboxylic acids is 3. The maximum absolute atomic E-state index is 12.2. The van der Waals surface area contributed by atoms with Gasteiger partial charge in [-0.2, -0.15) is 0 Å². The van der Waals surface area contributed by atoms with Gasteiger partial charge in [-0.3, -0.25) is 14.4 Å². The molecule has 0 spiro atoms. The zero-order chi connectivity index (χ0) is 18.3. The predicted octanol–water partition coefficient (Wildman–Crippen LogP) is 2.17. The summed E-state index contributed by atoms with van der Waals surface area (Å²) in [6.45, 7) is 9.75. The topological polar surface area (TPSA) is 87.3 Å². The van der Waals surface area contributed by atoms with Gasteiger partial charge in [0.2, 0.25) is 11.8 Å². The number of hydrogen-bond acceptors (Lipinski definition) is 3. The first-order valence-electron chi connectivity index (χ1n) is 8.06. The lowest BCUT2D eigenvalue weighted by Gasteiger charge is -2.17. The van der Waals surface area contributed by atoms with Crippen molar-refractivity contribution in [3.63, 3.8) is 0 Å². The summed E-state index contributed by atoms with van der Waals surface area (Å²) in [6, 6.07) is 6.79. The van der Waals surface area contributed by atoms with Crippen LogP contribution in [0.25, 0.3) is 0 Å². The van der Waals surface area contributed by atoms with Crippen molar-refractivity contribution >= 4 is 23.4 Å². The summed E-state index contributed by atoms with van der Waals surface area (Å²) in [5.41, 5.74) is 0.261. The molecule has 0 aliphatic rings. The number of para-hydroxylation sites is 1. The normalized spacial score (nSPS) is 11.1. The molecule has 1 aromatic rings. The number of nitrogens with one attached hydrogen (secondary N) is 3. The van der Waals surface area contributed by atoms with Gasteiger partial charge >= 0.3 is 0 Å². The average Bonchev–Trinajstić information content (AvgIpc) is 2.49. The van der Waals surface area contributed by atoms with E-state index in [1.165, 1.54) is 0 Å². The van der Waals surface area contributed by atoms with Gasteiger partial charge in [0.05, 0.1) is 17.8 Å². The summed E-state index contributed by atoms with van der Waals surface area (Å²) in [6.07, 6.45) is 0. The third-order valence-electron chi connectivity index (χ3n) is 3.21. The Morgan fingerprint density at radius 2 is 1.67 bits per heavy atom. The average molecular weight is 333 g/mol. The standard InChI is InChI=1S/C18H27N3O3/c1-12(2)10-19-16(23)13-8-6-7-9-14(13)21-15(22)11-20-17(24)18(3,4)5/h6-9,12H,10-11H2,1-5H3,(H,19,23)(H,20,24)(H,21,22). The molecule has 0 aromatic heterocycles. The Hall–Kier alpha value is -2.37. The molecule has 0 radical (unpaired) electrons. The smallest absolute Gasteiger partial charge is 0.253 e. The van der Waals surface area contributed by atoms with Gasteiger partial charge in [0.15, 0.2) is 0 Å². The fourth-order valence-electron chi connectivity index (χ4n) is 1.80. The van der Waals surface area contributed by atoms with Crippen LogP contribution in [0.3, 0.4) is 0 Å². The van der Waals surface area contributed by atoms with E-state index in [1.54, 1.807) is 45.0 Å². The van der Waals surface area contributed by atoms with E-state index in [1.807, 2.05) is 13.8 Å². The molecule has 3 amide bonds. The second-order valence-electron chi connectivity index (χ2n) is 7.13. The van der Waals surface area contributed by atoms with E-state index in [-0.39, 0.29) is 24.3 Å². The molecule has 0 heterocycles. The SMILES string of the molecule is CC(C)CNC(=O)c1ccccc1NC(=O)CNC(=O)C(C)(C)C. The minimum absolute atomic E-state index is 0.141. The second-order valence-corrected chi connectivity index (χ2v) is 7.13. The molecule has 132 valence electrons. The first-order valence-corrected chi connectivity index (χ1v) is 8.06. The maximum atomic E-state index is 12.2. The molecular formula is C18H27N3O3. The minimum atomic E-state index is -0.561. The number of amides is 3. The van der Waals surface area contributed by atoms with E-state index in [9.17, 15) is 14.4 Å². The van der Waals surface area contributed by atoms with E-state index >= 15 is 0 Å². The van der Waals surface area contributed by atoms with Crippen LogP contribution in [-0.2, 0) is 9.59 Å². The number of anilines is 1. The summed E-state index contributed by atoms with van der Waals surface area (Å²) in [5.74, 6) is -0.487. The molecule has 0 unspecified atom stereocenters. The van der Waals surface area contributed by atoms with E-state index in [0.29, 0.717) is 23.7 Å². The van der Waals surface area contributed by atoms with Crippen molar-refractivity contribution in [2.45, 2.75) is 34.6 Å². The zero-order valence-corrected chi connectivity index (χ0v) is 15.0. The highest BCUT2D eigenvalue weighted by Crippen LogP contribution is 2.15. The molecule has 0 fully saturated rings. The van der Waals surface area contributed by atoms with Crippen LogP contribution in [0.2, 0.25) is 0 Å². The van der Waals surface area contributed by atoms with Crippen molar-refractivity contribution in [1.29, 1.82) is 0 Å². The number of rotatable bonds is 6. The predicted molar refractivity (Wildman–Crippen MR) is 94.7 cm³/mol. The van der Waals surface area contributed by atoms with Crippen molar-refractivity contribution in [3.05, 3.63) is 29.8 Å². The van der Waals surface area contributed by atoms with Crippen LogP contribution in [0.15, 0.2) is 24.3 Å². The largest absolute Gasteiger partial charge is 0.352 e. The summed E-state index contributed by atoms with van der Waals surface area (Å²) in [4.78, 5) is 36.0. The molecule has 6 nitrogen and oxygen atoms in total. The van der Waals surface area contributed by atoms with Gasteiger partial charge in [-0.1, -0.05) is 46.8 Å². The lowest BCUT2D eigenvalue weighted by atomic mass is 9.96. The summed E-state index contributed by atoms with van der Waals surface area (Å²) >= 11 is 0. The molecular weight excluding hydrogens is 306 g/mol. The highest BCUT2D eigenvalue weighted by atomic mass is 16.2. The molecule has 3 N–H and O–H groups in total. The van der Waals surface area contributed by atoms with Crippen LogP contribution < -0.4 is 16.0 Å². The van der Waals surface area contributed by atoms with Gasteiger partial charge < -0.3 is 16.0 Å². The zero-order valence-electron chi connectivity index (χ0n) is 15.0. The Morgan fingerprint density at radius 1 is 1.04 bits per heavy atom. The molecule has 0 saturated carbocycles. The molecule has 6 heteroatoms. The maximum Gasteiger partial charge on any atom is 0.253 e. The Morgan fingerprint density at radius 3 is 2.25 bits per heavy atom. The molecule has 24 heavy (non-hydrogen) atoms. The first-order chi connectivity index (χ1) is 11.1. The first kappa shape index (κ1) is 19.7. The van der Waals surface area contributed by atoms with E-state index < -0.39 is 5.41 Å². The number of hydrogen-bond donors (Lipinski definition) is 3. The summed E-state index contributed by atoms with van der Waals surface area (Å²) < 4.78 is 0. The lowest BCUT2D eigenvalue weighted by molar-refractivity contribution is -0.130. The van der Waals surface area contributed by atoms with E-state index in [2.05, 4.69) is 16.0 Å². The van der Waals surface area contributed by atoms with Crippen molar-refractivity contribution in [3.8, 4) is 0 Å². The van der Waals surface area contributed by atoms with Gasteiger partial charge in [-0.25, -0.2) is 0 Å². The molecule has 0 aliphatic carbocycles. The Kier molecular flexibility index (Phi) is 6.95. The van der Waals surface area contributed by atoms with Crippen LogP contribution in [0, 0.1) is 11.3 Å². The van der Waals surface area contributed by atoms with Crippen LogP contribution in [-0.4, -0.2) is 30.8 Å². The molecule has 0 aliphatic heterocycles. The molecule has 0 saturated heterocycles. The van der Waals surface area contributed by atoms with E-state index in [0.717, 1.165) is 0 Å². The Labute approximate surface area is 143 Å². The summed E-state index contributed by atoms with van der Waals surface area (Å²) in [5, 5.41) is 8.07. The second kappa shape index (κ2) is 8.47. The fraction of sp³-hybridized carbons (Fsp3) is 0.500. The monoisotopic (exact) mass is 333 g/mol. The number of carbonyl (C=O) groups is 3. The van der Waals surface area contributed by atoms with E-state index in [4.69, 9.17) is 0 Å². The molecule has 0 atom stereocenters. The number of benzene rings is 1. The Bertz CT molecular complexity index is 604. The van der Waals surface area contributed by atoms with Crippen LogP contribution in [0.1, 0.15) is 45.0 Å². The Balaban J connectivity index is 2.69. The van der Waals surface area contributed by atoms with Gasteiger partial charge in [-0.05, 0) is 18.1 Å². The van der Waals surface area contributed by atoms with Gasteiger partial charge in [0, 0.05) is 12.0 Å². The van der Waals surface area contributed by atoms with Crippen LogP contribution in [0.5, 0.6) is 0 Å². The fourth-order valence-corrected chi connectivity index (χ4v) is 1.80. The molecule has 1 aromatic carbocycles. The van der Waals surface area contributed by atoms with Crippen molar-refractivity contribution in [2.24, 2.45) is 11.3 Å². The lowest BCUT2D eigenvalue weighted by Crippen LogP contribution is -2.39. The van der Waals surface area contributed by atoms with Crippen molar-refractivity contribution < 1.29 is 14.4 Å². The van der Waals surface area contributed by atoms with Crippen LogP contribution in [0.4, 0.5) is 5.69 Å². The van der Waals surface area contributed by atoms with Gasteiger partial charge in [0.25, 0.3) is 5.91 Å². The van der Waals surface area contributed by atoms with Crippen LogP contribution >= 0.6 is 0 Å². The summed E-state index contributed by atoms with van der Waals surface area (Å²) in [7, 11) is 0. The minimum Gasteiger partial charge on any atom is -0.352 e. The highest BCUT2D eigenvalue weighted by molar-refractivity contribution is 6.04. The molecule has 1 rings (SSSR count).